The molecular weight excluding hydrogens is 121 g/mol. The van der Waals surface area contributed by atoms with Crippen molar-refractivity contribution in [2.45, 2.75) is 6.42 Å². The lowest BCUT2D eigenvalue weighted by molar-refractivity contribution is 0.344. The molecule has 1 heterocycles. The van der Waals surface area contributed by atoms with Crippen LogP contribution in [-0.4, -0.2) is 22.9 Å². The van der Waals surface area contributed by atoms with E-state index in [2.05, 4.69) is 14.1 Å². The Labute approximate surface area is 51.4 Å². The molecule has 1 rings (SSSR count). The highest BCUT2D eigenvalue weighted by molar-refractivity contribution is 7.13. The van der Waals surface area contributed by atoms with E-state index in [0.717, 1.165) is 19.5 Å². The lowest BCUT2D eigenvalue weighted by atomic mass is 10.3. The maximum atomic E-state index is 8.85. The quantitative estimate of drug-likeness (QED) is 0.494. The van der Waals surface area contributed by atoms with Gasteiger partial charge < -0.3 is 5.11 Å². The minimum atomic E-state index is 0.531. The second kappa shape index (κ2) is 2.47. The van der Waals surface area contributed by atoms with Gasteiger partial charge in [-0.1, -0.05) is 9.39 Å². The fourth-order valence-electron chi connectivity index (χ4n) is 0.674. The topological polar surface area (TPSA) is 23.5 Å². The van der Waals surface area contributed by atoms with E-state index in [1.807, 2.05) is 6.08 Å². The summed E-state index contributed by atoms with van der Waals surface area (Å²) in [4.78, 5) is 0. The average Bonchev–Trinajstić information content (AvgIpc) is 1.77. The second-order valence-corrected chi connectivity index (χ2v) is 2.67. The van der Waals surface area contributed by atoms with Crippen molar-refractivity contribution in [1.82, 2.24) is 4.67 Å². The van der Waals surface area contributed by atoms with Crippen LogP contribution in [0.2, 0.25) is 0 Å². The number of nitrogens with zero attached hydrogens (tertiary/aromatic N) is 1. The minimum absolute atomic E-state index is 0.531. The van der Waals surface area contributed by atoms with Crippen molar-refractivity contribution in [3.05, 3.63) is 11.8 Å². The van der Waals surface area contributed by atoms with Crippen LogP contribution in [0.5, 0.6) is 0 Å². The first-order valence-corrected chi connectivity index (χ1v) is 3.18. The maximum absolute atomic E-state index is 8.85. The van der Waals surface area contributed by atoms with E-state index in [-0.39, 0.29) is 0 Å². The molecule has 0 radical (unpaired) electrons. The molecule has 0 aliphatic carbocycles. The van der Waals surface area contributed by atoms with Gasteiger partial charge in [-0.15, -0.1) is 0 Å². The molecule has 0 fully saturated rings. The lowest BCUT2D eigenvalue weighted by Crippen LogP contribution is -2.18. The van der Waals surface area contributed by atoms with Crippen LogP contribution in [0.3, 0.4) is 0 Å². The van der Waals surface area contributed by atoms with Crippen molar-refractivity contribution in [2.75, 3.05) is 13.1 Å². The summed E-state index contributed by atoms with van der Waals surface area (Å²) in [6, 6.07) is 0. The molecule has 1 aliphatic heterocycles. The molecule has 0 aromatic rings. The van der Waals surface area contributed by atoms with Gasteiger partial charge in [0.2, 0.25) is 0 Å². The first-order valence-electron chi connectivity index (χ1n) is 2.66. The largest absolute Gasteiger partial charge is 0.513 e. The molecule has 2 nitrogen and oxygen atoms in total. The first kappa shape index (κ1) is 6.06. The second-order valence-electron chi connectivity index (χ2n) is 1.94. The molecule has 46 valence electrons. The van der Waals surface area contributed by atoms with E-state index in [0.29, 0.717) is 5.76 Å². The SMILES string of the molecule is OC1=CCN(P)CC1. The van der Waals surface area contributed by atoms with Gasteiger partial charge in [-0.05, 0) is 6.08 Å². The highest BCUT2D eigenvalue weighted by atomic mass is 31.0. The predicted molar refractivity (Wildman–Crippen MR) is 36.6 cm³/mol. The van der Waals surface area contributed by atoms with E-state index in [4.69, 9.17) is 5.11 Å². The van der Waals surface area contributed by atoms with E-state index >= 15 is 0 Å². The summed E-state index contributed by atoms with van der Waals surface area (Å²) in [6.07, 6.45) is 2.62. The molecule has 1 atom stereocenters. The van der Waals surface area contributed by atoms with Crippen molar-refractivity contribution >= 4 is 9.39 Å². The van der Waals surface area contributed by atoms with Gasteiger partial charge >= 0.3 is 0 Å². The van der Waals surface area contributed by atoms with E-state index in [9.17, 15) is 0 Å². The molecule has 1 N–H and O–H groups in total. The summed E-state index contributed by atoms with van der Waals surface area (Å²) in [5, 5.41) is 8.85. The van der Waals surface area contributed by atoms with Crippen molar-refractivity contribution in [2.24, 2.45) is 0 Å². The molecule has 0 aromatic heterocycles. The van der Waals surface area contributed by atoms with Crippen LogP contribution in [0.4, 0.5) is 0 Å². The number of aliphatic hydroxyl groups excluding tert-OH is 1. The van der Waals surface area contributed by atoms with Gasteiger partial charge in [0, 0.05) is 19.5 Å². The van der Waals surface area contributed by atoms with Crippen molar-refractivity contribution in [1.29, 1.82) is 0 Å². The molecule has 0 saturated carbocycles. The predicted octanol–water partition coefficient (Wildman–Crippen LogP) is 0.924. The molecule has 0 saturated heterocycles. The van der Waals surface area contributed by atoms with Crippen LogP contribution in [0, 0.1) is 0 Å². The number of aliphatic hydroxyl groups is 1. The zero-order valence-corrected chi connectivity index (χ0v) is 5.83. The molecule has 3 heteroatoms. The van der Waals surface area contributed by atoms with Gasteiger partial charge in [-0.3, -0.25) is 4.67 Å². The Morgan fingerprint density at radius 3 is 2.88 bits per heavy atom. The Hall–Kier alpha value is -0.0700. The zero-order valence-electron chi connectivity index (χ0n) is 4.67. The van der Waals surface area contributed by atoms with Gasteiger partial charge in [0.25, 0.3) is 0 Å². The Morgan fingerprint density at radius 2 is 2.50 bits per heavy atom. The van der Waals surface area contributed by atoms with E-state index < -0.39 is 0 Å². The molecule has 1 aliphatic rings. The summed E-state index contributed by atoms with van der Waals surface area (Å²) in [5.74, 6) is 0.531. The molecule has 8 heavy (non-hydrogen) atoms. The zero-order chi connectivity index (χ0) is 5.98. The Morgan fingerprint density at radius 1 is 1.75 bits per heavy atom. The fourth-order valence-corrected chi connectivity index (χ4v) is 0.909. The van der Waals surface area contributed by atoms with Crippen LogP contribution < -0.4 is 0 Å². The van der Waals surface area contributed by atoms with Crippen molar-refractivity contribution < 1.29 is 5.11 Å². The van der Waals surface area contributed by atoms with Crippen LogP contribution in [0.25, 0.3) is 0 Å². The van der Waals surface area contributed by atoms with Gasteiger partial charge in [-0.2, -0.15) is 0 Å². The monoisotopic (exact) mass is 131 g/mol. The van der Waals surface area contributed by atoms with Gasteiger partial charge in [0.15, 0.2) is 0 Å². The number of hydrogen-bond acceptors (Lipinski definition) is 2. The Kier molecular flexibility index (Phi) is 1.87. The highest BCUT2D eigenvalue weighted by Crippen LogP contribution is 2.09. The maximum Gasteiger partial charge on any atom is 0.0908 e. The van der Waals surface area contributed by atoms with Crippen molar-refractivity contribution in [3.63, 3.8) is 0 Å². The minimum Gasteiger partial charge on any atom is -0.513 e. The number of hydrogen-bond donors (Lipinski definition) is 1. The van der Waals surface area contributed by atoms with E-state index in [1.165, 1.54) is 0 Å². The normalized spacial score (nSPS) is 22.9. The third kappa shape index (κ3) is 1.46. The summed E-state index contributed by atoms with van der Waals surface area (Å²) in [5.41, 5.74) is 0. The molecule has 0 aromatic carbocycles. The average molecular weight is 131 g/mol. The third-order valence-corrected chi connectivity index (χ3v) is 1.69. The molecule has 1 unspecified atom stereocenters. The van der Waals surface area contributed by atoms with Crippen LogP contribution >= 0.6 is 9.39 Å². The van der Waals surface area contributed by atoms with Gasteiger partial charge in [-0.25, -0.2) is 0 Å². The highest BCUT2D eigenvalue weighted by Gasteiger charge is 2.04. The van der Waals surface area contributed by atoms with Crippen LogP contribution in [0.15, 0.2) is 11.8 Å². The molecule has 0 amide bonds. The molecule has 0 spiro atoms. The molecular formula is C5H10NOP. The summed E-state index contributed by atoms with van der Waals surface area (Å²) < 4.78 is 2.08. The Balaban J connectivity index is 2.42. The third-order valence-electron chi connectivity index (χ3n) is 1.22. The van der Waals surface area contributed by atoms with Gasteiger partial charge in [0.05, 0.1) is 5.76 Å². The van der Waals surface area contributed by atoms with Gasteiger partial charge in [0.1, 0.15) is 0 Å². The number of rotatable bonds is 0. The van der Waals surface area contributed by atoms with Crippen LogP contribution in [-0.2, 0) is 0 Å². The molecule has 0 bridgehead atoms. The lowest BCUT2D eigenvalue weighted by Gasteiger charge is -2.17. The van der Waals surface area contributed by atoms with Crippen LogP contribution in [0.1, 0.15) is 6.42 Å². The van der Waals surface area contributed by atoms with E-state index in [1.54, 1.807) is 0 Å². The summed E-state index contributed by atoms with van der Waals surface area (Å²) in [7, 11) is 2.60. The Bertz CT molecular complexity index is 113. The smallest absolute Gasteiger partial charge is 0.0908 e. The summed E-state index contributed by atoms with van der Waals surface area (Å²) in [6.45, 7) is 1.81. The van der Waals surface area contributed by atoms with Crippen molar-refractivity contribution in [3.8, 4) is 0 Å². The standard InChI is InChI=1S/C5H10NOP/c7-5-1-3-6(8)4-2-5/h1,7H,2-4,8H2. The fraction of sp³-hybridized carbons (Fsp3) is 0.600. The first-order chi connectivity index (χ1) is 3.79. The summed E-state index contributed by atoms with van der Waals surface area (Å²) >= 11 is 0.